The molecule has 1 aromatic rings. The van der Waals surface area contributed by atoms with Crippen molar-refractivity contribution in [2.75, 3.05) is 31.5 Å². The van der Waals surface area contributed by atoms with Crippen LogP contribution in [0.3, 0.4) is 0 Å². The average Bonchev–Trinajstić information content (AvgIpc) is 2.95. The minimum absolute atomic E-state index is 0.142. The number of anilines is 1. The first-order valence-corrected chi connectivity index (χ1v) is 11.5. The summed E-state index contributed by atoms with van der Waals surface area (Å²) in [6, 6.07) is 5.36. The van der Waals surface area contributed by atoms with E-state index in [2.05, 4.69) is 5.32 Å². The van der Waals surface area contributed by atoms with Gasteiger partial charge >= 0.3 is 0 Å². The van der Waals surface area contributed by atoms with Crippen LogP contribution in [0.2, 0.25) is 5.02 Å². The molecule has 1 N–H and O–H groups in total. The van der Waals surface area contributed by atoms with Crippen LogP contribution in [0.1, 0.15) is 44.1 Å². The van der Waals surface area contributed by atoms with Crippen LogP contribution >= 0.6 is 11.6 Å². The summed E-state index contributed by atoms with van der Waals surface area (Å²) in [7, 11) is -3.50. The van der Waals surface area contributed by atoms with Crippen molar-refractivity contribution in [1.29, 1.82) is 0 Å². The third-order valence-corrected chi connectivity index (χ3v) is 7.67. The molecule has 0 radical (unpaired) electrons. The van der Waals surface area contributed by atoms with Crippen LogP contribution in [0.5, 0.6) is 0 Å². The van der Waals surface area contributed by atoms with E-state index in [1.165, 1.54) is 4.31 Å². The molecule has 0 aliphatic carbocycles. The SMILES string of the molecule is Cc1ccc(Cl)cc1NC(=O)C1CCCN(S(=O)(=O)N2CCCCCC2)C1. The molecule has 1 aromatic carbocycles. The van der Waals surface area contributed by atoms with Gasteiger partial charge in [0, 0.05) is 36.9 Å². The number of nitrogens with one attached hydrogen (secondary N) is 1. The molecule has 6 nitrogen and oxygen atoms in total. The smallest absolute Gasteiger partial charge is 0.281 e. The maximum absolute atomic E-state index is 13.0. The molecule has 0 aromatic heterocycles. The van der Waals surface area contributed by atoms with Gasteiger partial charge in [0.1, 0.15) is 0 Å². The minimum atomic E-state index is -3.50. The van der Waals surface area contributed by atoms with Crippen molar-refractivity contribution in [2.45, 2.75) is 45.4 Å². The molecular formula is C19H28ClN3O3S. The zero-order valence-corrected chi connectivity index (χ0v) is 17.4. The average molecular weight is 414 g/mol. The van der Waals surface area contributed by atoms with Crippen LogP contribution in [0, 0.1) is 12.8 Å². The van der Waals surface area contributed by atoms with E-state index < -0.39 is 10.2 Å². The Morgan fingerprint density at radius 1 is 1.07 bits per heavy atom. The van der Waals surface area contributed by atoms with E-state index >= 15 is 0 Å². The molecule has 2 saturated heterocycles. The number of hydrogen-bond acceptors (Lipinski definition) is 3. The zero-order valence-electron chi connectivity index (χ0n) is 15.8. The Labute approximate surface area is 167 Å². The first kappa shape index (κ1) is 20.6. The molecule has 2 aliphatic heterocycles. The van der Waals surface area contributed by atoms with E-state index in [9.17, 15) is 13.2 Å². The number of carbonyl (C=O) groups excluding carboxylic acids is 1. The molecule has 150 valence electrons. The topological polar surface area (TPSA) is 69.7 Å². The molecule has 8 heteroatoms. The number of piperidine rings is 1. The summed E-state index contributed by atoms with van der Waals surface area (Å²) in [5.41, 5.74) is 1.61. The highest BCUT2D eigenvalue weighted by atomic mass is 35.5. The molecule has 27 heavy (non-hydrogen) atoms. The highest BCUT2D eigenvalue weighted by Crippen LogP contribution is 2.26. The number of hydrogen-bond donors (Lipinski definition) is 1. The van der Waals surface area contributed by atoms with Gasteiger partial charge in [0.15, 0.2) is 0 Å². The number of aryl methyl sites for hydroxylation is 1. The highest BCUT2D eigenvalue weighted by Gasteiger charge is 2.36. The quantitative estimate of drug-likeness (QED) is 0.822. The molecule has 1 unspecified atom stereocenters. The molecule has 1 amide bonds. The molecule has 2 aliphatic rings. The van der Waals surface area contributed by atoms with E-state index in [0.717, 1.165) is 31.2 Å². The van der Waals surface area contributed by atoms with Gasteiger partial charge < -0.3 is 5.32 Å². The Morgan fingerprint density at radius 3 is 2.44 bits per heavy atom. The van der Waals surface area contributed by atoms with Gasteiger partial charge in [-0.15, -0.1) is 0 Å². The van der Waals surface area contributed by atoms with Gasteiger partial charge in [-0.05, 0) is 50.3 Å². The van der Waals surface area contributed by atoms with Crippen molar-refractivity contribution >= 4 is 33.4 Å². The Hall–Kier alpha value is -1.15. The van der Waals surface area contributed by atoms with Gasteiger partial charge in [-0.2, -0.15) is 17.0 Å². The van der Waals surface area contributed by atoms with Crippen molar-refractivity contribution in [2.24, 2.45) is 5.92 Å². The van der Waals surface area contributed by atoms with E-state index in [1.54, 1.807) is 16.4 Å². The van der Waals surface area contributed by atoms with Gasteiger partial charge in [0.25, 0.3) is 10.2 Å². The third-order valence-electron chi connectivity index (χ3n) is 5.43. The summed E-state index contributed by atoms with van der Waals surface area (Å²) in [4.78, 5) is 12.7. The fourth-order valence-corrected chi connectivity index (χ4v) is 5.71. The first-order valence-electron chi connectivity index (χ1n) is 9.70. The van der Waals surface area contributed by atoms with Crippen LogP contribution < -0.4 is 5.32 Å². The van der Waals surface area contributed by atoms with Crippen molar-refractivity contribution in [3.05, 3.63) is 28.8 Å². The minimum Gasteiger partial charge on any atom is -0.326 e. The van der Waals surface area contributed by atoms with Gasteiger partial charge in [-0.25, -0.2) is 0 Å². The lowest BCUT2D eigenvalue weighted by atomic mass is 9.98. The maximum Gasteiger partial charge on any atom is 0.281 e. The van der Waals surface area contributed by atoms with E-state index in [-0.39, 0.29) is 18.4 Å². The summed E-state index contributed by atoms with van der Waals surface area (Å²) in [6.45, 7) is 3.79. The lowest BCUT2D eigenvalue weighted by molar-refractivity contribution is -0.120. The highest BCUT2D eigenvalue weighted by molar-refractivity contribution is 7.86. The van der Waals surface area contributed by atoms with Gasteiger partial charge in [-0.3, -0.25) is 4.79 Å². The Morgan fingerprint density at radius 2 is 1.74 bits per heavy atom. The summed E-state index contributed by atoms with van der Waals surface area (Å²) >= 11 is 6.02. The van der Waals surface area contributed by atoms with Crippen molar-refractivity contribution < 1.29 is 13.2 Å². The standard InChI is InChI=1S/C19H28ClN3O3S/c1-15-8-9-17(20)13-18(15)21-19(24)16-7-6-12-23(14-16)27(25,26)22-10-4-2-3-5-11-22/h8-9,13,16H,2-7,10-12,14H2,1H3,(H,21,24). The second-order valence-corrected chi connectivity index (χ2v) is 9.83. The Kier molecular flexibility index (Phi) is 6.78. The number of benzene rings is 1. The summed E-state index contributed by atoms with van der Waals surface area (Å²) in [5.74, 6) is -0.491. The monoisotopic (exact) mass is 413 g/mol. The predicted octanol–water partition coefficient (Wildman–Crippen LogP) is 3.42. The predicted molar refractivity (Wildman–Crippen MR) is 108 cm³/mol. The molecular weight excluding hydrogens is 386 g/mol. The number of rotatable bonds is 4. The van der Waals surface area contributed by atoms with Crippen LogP contribution in [0.4, 0.5) is 5.69 Å². The lowest BCUT2D eigenvalue weighted by Gasteiger charge is -2.34. The number of carbonyl (C=O) groups is 1. The third kappa shape index (κ3) is 5.02. The summed E-state index contributed by atoms with van der Waals surface area (Å²) < 4.78 is 29.1. The first-order chi connectivity index (χ1) is 12.9. The Bertz CT molecular complexity index is 776. The van der Waals surface area contributed by atoms with Gasteiger partial charge in [0.2, 0.25) is 5.91 Å². The molecule has 0 saturated carbocycles. The number of nitrogens with zero attached hydrogens (tertiary/aromatic N) is 2. The molecule has 0 bridgehead atoms. The second-order valence-electron chi connectivity index (χ2n) is 7.47. The molecule has 2 fully saturated rings. The fraction of sp³-hybridized carbons (Fsp3) is 0.632. The largest absolute Gasteiger partial charge is 0.326 e. The van der Waals surface area contributed by atoms with Crippen LogP contribution in [0.25, 0.3) is 0 Å². The molecule has 3 rings (SSSR count). The summed E-state index contributed by atoms with van der Waals surface area (Å²) in [5, 5.41) is 3.48. The lowest BCUT2D eigenvalue weighted by Crippen LogP contribution is -2.50. The van der Waals surface area contributed by atoms with Crippen LogP contribution in [-0.2, 0) is 15.0 Å². The second kappa shape index (κ2) is 8.90. The number of amides is 1. The van der Waals surface area contributed by atoms with Gasteiger partial charge in [0.05, 0.1) is 5.92 Å². The van der Waals surface area contributed by atoms with Crippen LogP contribution in [0.15, 0.2) is 18.2 Å². The fourth-order valence-electron chi connectivity index (χ4n) is 3.77. The van der Waals surface area contributed by atoms with Gasteiger partial charge in [-0.1, -0.05) is 30.5 Å². The van der Waals surface area contributed by atoms with Crippen molar-refractivity contribution in [3.63, 3.8) is 0 Å². The normalized spacial score (nSPS) is 23.0. The molecule has 1 atom stereocenters. The van der Waals surface area contributed by atoms with Crippen molar-refractivity contribution in [3.8, 4) is 0 Å². The maximum atomic E-state index is 13.0. The van der Waals surface area contributed by atoms with E-state index in [0.29, 0.717) is 43.2 Å². The van der Waals surface area contributed by atoms with Crippen LogP contribution in [-0.4, -0.2) is 49.1 Å². The van der Waals surface area contributed by atoms with E-state index in [4.69, 9.17) is 11.6 Å². The Balaban J connectivity index is 1.67. The zero-order chi connectivity index (χ0) is 19.4. The molecule has 0 spiro atoms. The number of halogens is 1. The van der Waals surface area contributed by atoms with E-state index in [1.807, 2.05) is 13.0 Å². The molecule has 2 heterocycles. The summed E-state index contributed by atoms with van der Waals surface area (Å²) in [6.07, 6.45) is 5.36. The van der Waals surface area contributed by atoms with Crippen molar-refractivity contribution in [1.82, 2.24) is 8.61 Å².